The summed E-state index contributed by atoms with van der Waals surface area (Å²) in [6, 6.07) is 9.09. The number of nitrogens with one attached hydrogen (secondary N) is 1. The fourth-order valence-electron chi connectivity index (χ4n) is 2.22. The van der Waals surface area contributed by atoms with Gasteiger partial charge in [0.05, 0.1) is 0 Å². The lowest BCUT2D eigenvalue weighted by Crippen LogP contribution is -2.24. The molecule has 2 aromatic rings. The number of aromatic nitrogens is 1. The minimum absolute atomic E-state index is 0.120. The molecule has 1 aromatic carbocycles. The molecule has 1 atom stereocenters. The molecule has 0 fully saturated rings. The summed E-state index contributed by atoms with van der Waals surface area (Å²) in [6.07, 6.45) is 3.72. The fraction of sp³-hybridized carbons (Fsp3) is 0.353. The number of halogens is 2. The van der Waals surface area contributed by atoms with Crippen LogP contribution < -0.4 is 5.32 Å². The number of benzene rings is 1. The highest BCUT2D eigenvalue weighted by Gasteiger charge is 2.15. The molecule has 0 saturated carbocycles. The van der Waals surface area contributed by atoms with Gasteiger partial charge < -0.3 is 5.32 Å². The quantitative estimate of drug-likeness (QED) is 0.824. The first-order valence-electron chi connectivity index (χ1n) is 7.20. The molecule has 0 bridgehead atoms. The van der Waals surface area contributed by atoms with Crippen molar-refractivity contribution in [3.8, 4) is 0 Å². The zero-order chi connectivity index (χ0) is 15.2. The topological polar surface area (TPSA) is 24.9 Å². The average Bonchev–Trinajstić information content (AvgIpc) is 2.46. The third kappa shape index (κ3) is 4.61. The monoisotopic (exact) mass is 350 g/mol. The minimum Gasteiger partial charge on any atom is -0.310 e. The Morgan fingerprint density at radius 3 is 2.71 bits per heavy atom. The van der Waals surface area contributed by atoms with Gasteiger partial charge in [-0.1, -0.05) is 35.0 Å². The van der Waals surface area contributed by atoms with E-state index < -0.39 is 0 Å². The predicted octanol–water partition coefficient (Wildman–Crippen LogP) is 4.58. The lowest BCUT2D eigenvalue weighted by Gasteiger charge is -2.20. The van der Waals surface area contributed by atoms with E-state index in [1.807, 2.05) is 25.3 Å². The van der Waals surface area contributed by atoms with Gasteiger partial charge in [-0.2, -0.15) is 0 Å². The van der Waals surface area contributed by atoms with E-state index in [0.29, 0.717) is 0 Å². The van der Waals surface area contributed by atoms with Crippen LogP contribution in [0.5, 0.6) is 0 Å². The average molecular weight is 351 g/mol. The molecule has 0 radical (unpaired) electrons. The Labute approximate surface area is 133 Å². The van der Waals surface area contributed by atoms with Crippen LogP contribution in [0, 0.1) is 12.7 Å². The van der Waals surface area contributed by atoms with E-state index in [1.165, 1.54) is 12.1 Å². The molecule has 1 heterocycles. The van der Waals surface area contributed by atoms with Crippen LogP contribution in [0.3, 0.4) is 0 Å². The zero-order valence-electron chi connectivity index (χ0n) is 12.4. The Bertz CT molecular complexity index is 584. The maximum absolute atomic E-state index is 13.3. The molecule has 1 aromatic heterocycles. The van der Waals surface area contributed by atoms with Crippen LogP contribution in [-0.4, -0.2) is 11.5 Å². The molecule has 0 spiro atoms. The first-order valence-corrected chi connectivity index (χ1v) is 7.99. The van der Waals surface area contributed by atoms with Gasteiger partial charge in [-0.05, 0) is 49.2 Å². The van der Waals surface area contributed by atoms with Crippen molar-refractivity contribution >= 4 is 15.9 Å². The number of pyridine rings is 1. The predicted molar refractivity (Wildman–Crippen MR) is 87.8 cm³/mol. The first kappa shape index (κ1) is 16.1. The SMILES string of the molecule is CCCNC(Cc1ccc(C)cn1)c1ccc(F)cc1Br. The number of hydrogen-bond donors (Lipinski definition) is 1. The van der Waals surface area contributed by atoms with Crippen molar-refractivity contribution in [3.05, 3.63) is 63.6 Å². The number of nitrogens with zero attached hydrogens (tertiary/aromatic N) is 1. The highest BCUT2D eigenvalue weighted by molar-refractivity contribution is 9.10. The van der Waals surface area contributed by atoms with Gasteiger partial charge in [0.2, 0.25) is 0 Å². The van der Waals surface area contributed by atoms with Crippen molar-refractivity contribution < 1.29 is 4.39 Å². The third-order valence-corrected chi connectivity index (χ3v) is 4.05. The van der Waals surface area contributed by atoms with Crippen LogP contribution in [0.25, 0.3) is 0 Å². The van der Waals surface area contributed by atoms with Crippen molar-refractivity contribution in [1.82, 2.24) is 10.3 Å². The molecule has 4 heteroatoms. The van der Waals surface area contributed by atoms with Gasteiger partial charge >= 0.3 is 0 Å². The largest absolute Gasteiger partial charge is 0.310 e. The molecule has 21 heavy (non-hydrogen) atoms. The summed E-state index contributed by atoms with van der Waals surface area (Å²) < 4.78 is 14.1. The van der Waals surface area contributed by atoms with Gasteiger partial charge in [-0.25, -0.2) is 4.39 Å². The molecular weight excluding hydrogens is 331 g/mol. The van der Waals surface area contributed by atoms with Crippen LogP contribution in [0.1, 0.15) is 36.2 Å². The normalized spacial score (nSPS) is 12.4. The molecule has 2 nitrogen and oxygen atoms in total. The zero-order valence-corrected chi connectivity index (χ0v) is 14.0. The van der Waals surface area contributed by atoms with E-state index in [1.54, 1.807) is 0 Å². The number of aryl methyl sites for hydroxylation is 1. The Morgan fingerprint density at radius 1 is 1.29 bits per heavy atom. The smallest absolute Gasteiger partial charge is 0.124 e. The number of rotatable bonds is 6. The van der Waals surface area contributed by atoms with E-state index in [9.17, 15) is 4.39 Å². The standard InChI is InChI=1S/C17H20BrFN2/c1-3-8-20-17(10-14-6-4-12(2)11-21-14)15-7-5-13(19)9-16(15)18/h4-7,9,11,17,20H,3,8,10H2,1-2H3. The van der Waals surface area contributed by atoms with Gasteiger partial charge in [0.15, 0.2) is 0 Å². The van der Waals surface area contributed by atoms with Crippen molar-refractivity contribution in [1.29, 1.82) is 0 Å². The lowest BCUT2D eigenvalue weighted by molar-refractivity contribution is 0.521. The molecule has 0 saturated heterocycles. The molecule has 0 aliphatic carbocycles. The van der Waals surface area contributed by atoms with Crippen molar-refractivity contribution in [2.24, 2.45) is 0 Å². The summed E-state index contributed by atoms with van der Waals surface area (Å²) in [5, 5.41) is 3.52. The summed E-state index contributed by atoms with van der Waals surface area (Å²) in [4.78, 5) is 4.47. The van der Waals surface area contributed by atoms with Crippen molar-refractivity contribution in [3.63, 3.8) is 0 Å². The molecular formula is C17H20BrFN2. The maximum atomic E-state index is 13.3. The molecule has 0 aliphatic heterocycles. The second-order valence-electron chi connectivity index (χ2n) is 5.20. The van der Waals surface area contributed by atoms with Gasteiger partial charge in [-0.15, -0.1) is 0 Å². The van der Waals surface area contributed by atoms with Crippen molar-refractivity contribution in [2.75, 3.05) is 6.54 Å². The van der Waals surface area contributed by atoms with Crippen LogP contribution in [0.4, 0.5) is 4.39 Å². The fourth-order valence-corrected chi connectivity index (χ4v) is 2.85. The van der Waals surface area contributed by atoms with Gasteiger partial charge in [-0.3, -0.25) is 4.98 Å². The maximum Gasteiger partial charge on any atom is 0.124 e. The summed E-state index contributed by atoms with van der Waals surface area (Å²) in [7, 11) is 0. The summed E-state index contributed by atoms with van der Waals surface area (Å²) in [5.41, 5.74) is 3.25. The molecule has 0 amide bonds. The Hall–Kier alpha value is -1.26. The Balaban J connectivity index is 2.22. The highest BCUT2D eigenvalue weighted by Crippen LogP contribution is 2.26. The van der Waals surface area contributed by atoms with E-state index in [4.69, 9.17) is 0 Å². The van der Waals surface area contributed by atoms with Crippen LogP contribution in [0.2, 0.25) is 0 Å². The number of hydrogen-bond acceptors (Lipinski definition) is 2. The van der Waals surface area contributed by atoms with E-state index >= 15 is 0 Å². The first-order chi connectivity index (χ1) is 10.1. The Morgan fingerprint density at radius 2 is 2.10 bits per heavy atom. The second kappa shape index (κ2) is 7.66. The van der Waals surface area contributed by atoms with Crippen LogP contribution >= 0.6 is 15.9 Å². The molecule has 1 unspecified atom stereocenters. The Kier molecular flexibility index (Phi) is 5.88. The van der Waals surface area contributed by atoms with Gasteiger partial charge in [0, 0.05) is 28.8 Å². The third-order valence-electron chi connectivity index (χ3n) is 3.36. The van der Waals surface area contributed by atoms with Crippen LogP contribution in [0.15, 0.2) is 41.0 Å². The van der Waals surface area contributed by atoms with Crippen LogP contribution in [-0.2, 0) is 6.42 Å². The molecule has 1 N–H and O–H groups in total. The van der Waals surface area contributed by atoms with E-state index in [2.05, 4.69) is 39.2 Å². The van der Waals surface area contributed by atoms with Crippen molar-refractivity contribution in [2.45, 2.75) is 32.7 Å². The minimum atomic E-state index is -0.228. The van der Waals surface area contributed by atoms with Gasteiger partial charge in [0.1, 0.15) is 5.82 Å². The van der Waals surface area contributed by atoms with Gasteiger partial charge in [0.25, 0.3) is 0 Å². The van der Waals surface area contributed by atoms with E-state index in [-0.39, 0.29) is 11.9 Å². The highest BCUT2D eigenvalue weighted by atomic mass is 79.9. The lowest BCUT2D eigenvalue weighted by atomic mass is 10.0. The summed E-state index contributed by atoms with van der Waals surface area (Å²) in [5.74, 6) is -0.228. The van der Waals surface area contributed by atoms with E-state index in [0.717, 1.165) is 40.7 Å². The summed E-state index contributed by atoms with van der Waals surface area (Å²) >= 11 is 3.46. The molecule has 112 valence electrons. The summed E-state index contributed by atoms with van der Waals surface area (Å²) in [6.45, 7) is 5.08. The molecule has 0 aliphatic rings. The second-order valence-corrected chi connectivity index (χ2v) is 6.06. The molecule has 2 rings (SSSR count).